The third kappa shape index (κ3) is 4.95. The lowest BCUT2D eigenvalue weighted by molar-refractivity contribution is -0.141. The molecule has 110 valence electrons. The number of halogens is 2. The maximum atomic E-state index is 13.0. The van der Waals surface area contributed by atoms with Gasteiger partial charge in [-0.1, -0.05) is 13.0 Å². The van der Waals surface area contributed by atoms with Gasteiger partial charge in [-0.25, -0.2) is 13.6 Å². The zero-order chi connectivity index (χ0) is 15.1. The van der Waals surface area contributed by atoms with Crippen molar-refractivity contribution >= 4 is 11.9 Å². The summed E-state index contributed by atoms with van der Waals surface area (Å²) in [6, 6.07) is 2.72. The monoisotopic (exact) mass is 285 g/mol. The highest BCUT2D eigenvalue weighted by Crippen LogP contribution is 2.11. The SMILES string of the molecule is CCC(NC(=O)CCCc1ccc(F)c(F)c1)C(=O)O. The Hall–Kier alpha value is -1.98. The van der Waals surface area contributed by atoms with Crippen LogP contribution in [0.25, 0.3) is 0 Å². The number of rotatable bonds is 7. The Balaban J connectivity index is 2.38. The summed E-state index contributed by atoms with van der Waals surface area (Å²) in [5, 5.41) is 11.2. The molecule has 0 saturated heterocycles. The van der Waals surface area contributed by atoms with Crippen molar-refractivity contribution in [3.63, 3.8) is 0 Å². The molecule has 0 fully saturated rings. The van der Waals surface area contributed by atoms with E-state index in [1.807, 2.05) is 0 Å². The van der Waals surface area contributed by atoms with Crippen molar-refractivity contribution in [1.29, 1.82) is 0 Å². The summed E-state index contributed by atoms with van der Waals surface area (Å²) in [5.41, 5.74) is 0.599. The van der Waals surface area contributed by atoms with E-state index in [-0.39, 0.29) is 12.3 Å². The number of carbonyl (C=O) groups excluding carboxylic acids is 1. The molecular weight excluding hydrogens is 268 g/mol. The average Bonchev–Trinajstić information content (AvgIpc) is 2.39. The molecule has 1 rings (SSSR count). The molecule has 0 aliphatic carbocycles. The zero-order valence-corrected chi connectivity index (χ0v) is 11.2. The highest BCUT2D eigenvalue weighted by atomic mass is 19.2. The molecule has 4 nitrogen and oxygen atoms in total. The predicted molar refractivity (Wildman–Crippen MR) is 69.2 cm³/mol. The van der Waals surface area contributed by atoms with Crippen LogP contribution in [-0.2, 0) is 16.0 Å². The standard InChI is InChI=1S/C14H17F2NO3/c1-2-12(14(19)20)17-13(18)5-3-4-9-6-7-10(15)11(16)8-9/h6-8,12H,2-5H2,1H3,(H,17,18)(H,19,20). The van der Waals surface area contributed by atoms with Gasteiger partial charge >= 0.3 is 5.97 Å². The quantitative estimate of drug-likeness (QED) is 0.807. The molecule has 20 heavy (non-hydrogen) atoms. The first-order valence-corrected chi connectivity index (χ1v) is 6.40. The van der Waals surface area contributed by atoms with Gasteiger partial charge in [0.1, 0.15) is 6.04 Å². The van der Waals surface area contributed by atoms with Crippen LogP contribution < -0.4 is 5.32 Å². The summed E-state index contributed by atoms with van der Waals surface area (Å²) in [4.78, 5) is 22.3. The molecule has 1 unspecified atom stereocenters. The molecular formula is C14H17F2NO3. The van der Waals surface area contributed by atoms with Crippen LogP contribution in [-0.4, -0.2) is 23.0 Å². The number of hydrogen-bond donors (Lipinski definition) is 2. The second-order valence-electron chi connectivity index (χ2n) is 4.47. The summed E-state index contributed by atoms with van der Waals surface area (Å²) in [7, 11) is 0. The van der Waals surface area contributed by atoms with Gasteiger partial charge in [0.25, 0.3) is 0 Å². The van der Waals surface area contributed by atoms with Crippen LogP contribution in [0.15, 0.2) is 18.2 Å². The molecule has 0 spiro atoms. The van der Waals surface area contributed by atoms with Crippen LogP contribution >= 0.6 is 0 Å². The van der Waals surface area contributed by atoms with E-state index >= 15 is 0 Å². The number of benzene rings is 1. The number of nitrogens with one attached hydrogen (secondary N) is 1. The Bertz CT molecular complexity index is 491. The van der Waals surface area contributed by atoms with Crippen molar-refractivity contribution in [2.75, 3.05) is 0 Å². The van der Waals surface area contributed by atoms with Gasteiger partial charge in [0, 0.05) is 6.42 Å². The van der Waals surface area contributed by atoms with E-state index in [0.29, 0.717) is 24.8 Å². The largest absolute Gasteiger partial charge is 0.480 e. The maximum absolute atomic E-state index is 13.0. The Morgan fingerprint density at radius 2 is 2.00 bits per heavy atom. The van der Waals surface area contributed by atoms with Crippen LogP contribution in [0.1, 0.15) is 31.7 Å². The third-order valence-electron chi connectivity index (χ3n) is 2.89. The van der Waals surface area contributed by atoms with E-state index in [1.54, 1.807) is 6.92 Å². The number of aliphatic carboxylic acids is 1. The minimum atomic E-state index is -1.07. The minimum Gasteiger partial charge on any atom is -0.480 e. The third-order valence-corrected chi connectivity index (χ3v) is 2.89. The molecule has 0 saturated carbocycles. The fourth-order valence-electron chi connectivity index (χ4n) is 1.75. The second-order valence-corrected chi connectivity index (χ2v) is 4.47. The van der Waals surface area contributed by atoms with Crippen LogP contribution in [0, 0.1) is 11.6 Å². The van der Waals surface area contributed by atoms with Gasteiger partial charge < -0.3 is 10.4 Å². The summed E-state index contributed by atoms with van der Waals surface area (Å²) < 4.78 is 25.7. The van der Waals surface area contributed by atoms with E-state index in [9.17, 15) is 18.4 Å². The fourth-order valence-corrected chi connectivity index (χ4v) is 1.75. The van der Waals surface area contributed by atoms with Gasteiger partial charge in [0.15, 0.2) is 11.6 Å². The molecule has 1 aromatic rings. The second kappa shape index (κ2) is 7.57. The van der Waals surface area contributed by atoms with E-state index in [4.69, 9.17) is 5.11 Å². The number of hydrogen-bond acceptors (Lipinski definition) is 2. The number of carbonyl (C=O) groups is 2. The smallest absolute Gasteiger partial charge is 0.326 e. The van der Waals surface area contributed by atoms with Crippen molar-refractivity contribution in [1.82, 2.24) is 5.32 Å². The predicted octanol–water partition coefficient (Wildman–Crippen LogP) is 2.27. The van der Waals surface area contributed by atoms with Crippen LogP contribution in [0.3, 0.4) is 0 Å². The first-order valence-electron chi connectivity index (χ1n) is 6.40. The van der Waals surface area contributed by atoms with Crippen molar-refractivity contribution in [2.24, 2.45) is 0 Å². The van der Waals surface area contributed by atoms with E-state index in [1.165, 1.54) is 6.07 Å². The number of amides is 1. The molecule has 1 aromatic carbocycles. The molecule has 0 aliphatic heterocycles. The topological polar surface area (TPSA) is 66.4 Å². The van der Waals surface area contributed by atoms with Gasteiger partial charge in [0.2, 0.25) is 5.91 Å². The van der Waals surface area contributed by atoms with Crippen molar-refractivity contribution < 1.29 is 23.5 Å². The molecule has 1 amide bonds. The highest BCUT2D eigenvalue weighted by Gasteiger charge is 2.16. The fraction of sp³-hybridized carbons (Fsp3) is 0.429. The van der Waals surface area contributed by atoms with Gasteiger partial charge in [0.05, 0.1) is 0 Å². The van der Waals surface area contributed by atoms with Crippen LogP contribution in [0.4, 0.5) is 8.78 Å². The molecule has 1 atom stereocenters. The van der Waals surface area contributed by atoms with Crippen LogP contribution in [0.5, 0.6) is 0 Å². The molecule has 2 N–H and O–H groups in total. The Kier molecular flexibility index (Phi) is 6.09. The number of carboxylic acids is 1. The van der Waals surface area contributed by atoms with E-state index in [0.717, 1.165) is 12.1 Å². The molecule has 0 aromatic heterocycles. The Labute approximate surface area is 115 Å². The van der Waals surface area contributed by atoms with Gasteiger partial charge in [-0.2, -0.15) is 0 Å². The van der Waals surface area contributed by atoms with Crippen molar-refractivity contribution in [3.8, 4) is 0 Å². The van der Waals surface area contributed by atoms with Gasteiger partial charge in [-0.3, -0.25) is 4.79 Å². The molecule has 6 heteroatoms. The lowest BCUT2D eigenvalue weighted by atomic mass is 10.1. The first kappa shape index (κ1) is 16.1. The molecule has 0 bridgehead atoms. The number of aryl methyl sites for hydroxylation is 1. The van der Waals surface area contributed by atoms with E-state index in [2.05, 4.69) is 5.32 Å². The summed E-state index contributed by atoms with van der Waals surface area (Å²) in [6.07, 6.45) is 1.31. The Morgan fingerprint density at radius 1 is 1.30 bits per heavy atom. The first-order chi connectivity index (χ1) is 9.43. The van der Waals surface area contributed by atoms with Crippen molar-refractivity contribution in [3.05, 3.63) is 35.4 Å². The lowest BCUT2D eigenvalue weighted by Gasteiger charge is -2.12. The summed E-state index contributed by atoms with van der Waals surface area (Å²) in [5.74, 6) is -3.24. The summed E-state index contributed by atoms with van der Waals surface area (Å²) >= 11 is 0. The Morgan fingerprint density at radius 3 is 2.55 bits per heavy atom. The van der Waals surface area contributed by atoms with Gasteiger partial charge in [-0.15, -0.1) is 0 Å². The molecule has 0 radical (unpaired) electrons. The molecule has 0 aliphatic rings. The average molecular weight is 285 g/mol. The zero-order valence-electron chi connectivity index (χ0n) is 11.2. The molecule has 0 heterocycles. The normalized spacial score (nSPS) is 11.9. The van der Waals surface area contributed by atoms with Crippen LogP contribution in [0.2, 0.25) is 0 Å². The lowest BCUT2D eigenvalue weighted by Crippen LogP contribution is -2.40. The van der Waals surface area contributed by atoms with E-state index < -0.39 is 23.6 Å². The maximum Gasteiger partial charge on any atom is 0.326 e. The highest BCUT2D eigenvalue weighted by molar-refractivity contribution is 5.83. The van der Waals surface area contributed by atoms with Gasteiger partial charge in [-0.05, 0) is 37.0 Å². The van der Waals surface area contributed by atoms with Crippen molar-refractivity contribution in [2.45, 2.75) is 38.6 Å². The minimum absolute atomic E-state index is 0.142. The number of carboxylic acid groups (broad SMARTS) is 1. The summed E-state index contributed by atoms with van der Waals surface area (Å²) in [6.45, 7) is 1.67.